The molecule has 0 saturated carbocycles. The van der Waals surface area contributed by atoms with Gasteiger partial charge in [-0.1, -0.05) is 17.8 Å². The van der Waals surface area contributed by atoms with E-state index in [2.05, 4.69) is 6.58 Å². The van der Waals surface area contributed by atoms with E-state index in [1.807, 2.05) is 0 Å². The number of carbonyl (C=O) groups excluding carboxylic acids is 2. The van der Waals surface area contributed by atoms with Crippen LogP contribution < -0.4 is 0 Å². The molecule has 18 heavy (non-hydrogen) atoms. The normalized spacial score (nSPS) is 14.7. The van der Waals surface area contributed by atoms with E-state index in [1.54, 1.807) is 4.90 Å². The summed E-state index contributed by atoms with van der Waals surface area (Å²) in [5.41, 5.74) is 0. The number of rotatable bonds is 7. The maximum absolute atomic E-state index is 11.8. The van der Waals surface area contributed by atoms with Crippen LogP contribution in [-0.2, 0) is 9.59 Å². The van der Waals surface area contributed by atoms with E-state index in [1.165, 1.54) is 22.7 Å². The van der Waals surface area contributed by atoms with Crippen LogP contribution in [0.3, 0.4) is 0 Å². The second-order valence-corrected chi connectivity index (χ2v) is 4.85. The predicted octanol–water partition coefficient (Wildman–Crippen LogP) is 0.645. The van der Waals surface area contributed by atoms with Crippen LogP contribution in [0.1, 0.15) is 6.42 Å². The number of carboxylic acids is 1. The van der Waals surface area contributed by atoms with Crippen molar-refractivity contribution in [1.82, 2.24) is 9.80 Å². The van der Waals surface area contributed by atoms with Gasteiger partial charge in [0.15, 0.2) is 0 Å². The lowest BCUT2D eigenvalue weighted by molar-refractivity contribution is -0.144. The van der Waals surface area contributed by atoms with Gasteiger partial charge in [-0.25, -0.2) is 0 Å². The number of amides is 2. The van der Waals surface area contributed by atoms with Crippen LogP contribution in [0.25, 0.3) is 0 Å². The van der Waals surface area contributed by atoms with Crippen LogP contribution in [0.2, 0.25) is 0 Å². The molecule has 0 aromatic rings. The number of nitrogens with zero attached hydrogens (tertiary/aromatic N) is 2. The number of thioether (sulfide) groups is 1. The highest BCUT2D eigenvalue weighted by Crippen LogP contribution is 2.17. The Labute approximate surface area is 110 Å². The zero-order valence-electron chi connectivity index (χ0n) is 10.0. The van der Waals surface area contributed by atoms with Gasteiger partial charge in [0.2, 0.25) is 5.91 Å². The highest BCUT2D eigenvalue weighted by atomic mass is 32.2. The molecule has 6 nitrogen and oxygen atoms in total. The Hall–Kier alpha value is -1.50. The van der Waals surface area contributed by atoms with Crippen molar-refractivity contribution < 1.29 is 19.5 Å². The van der Waals surface area contributed by atoms with Gasteiger partial charge < -0.3 is 14.9 Å². The van der Waals surface area contributed by atoms with Gasteiger partial charge in [-0.15, -0.1) is 6.58 Å². The average molecular weight is 272 g/mol. The monoisotopic (exact) mass is 272 g/mol. The highest BCUT2D eigenvalue weighted by Gasteiger charge is 2.23. The van der Waals surface area contributed by atoms with Gasteiger partial charge in [0.05, 0.1) is 0 Å². The van der Waals surface area contributed by atoms with Crippen molar-refractivity contribution in [3.63, 3.8) is 0 Å². The van der Waals surface area contributed by atoms with E-state index in [-0.39, 0.29) is 30.7 Å². The molecule has 1 N–H and O–H groups in total. The third-order valence-corrected chi connectivity index (χ3v) is 3.36. The van der Waals surface area contributed by atoms with Crippen LogP contribution in [0.15, 0.2) is 12.7 Å². The molecule has 0 aliphatic carbocycles. The fourth-order valence-electron chi connectivity index (χ4n) is 1.59. The molecule has 0 atom stereocenters. The van der Waals surface area contributed by atoms with Gasteiger partial charge in [0.1, 0.15) is 6.54 Å². The largest absolute Gasteiger partial charge is 0.480 e. The van der Waals surface area contributed by atoms with E-state index < -0.39 is 5.97 Å². The number of hydrogen-bond donors (Lipinski definition) is 1. The second kappa shape index (κ2) is 7.05. The molecule has 1 aliphatic heterocycles. The molecular weight excluding hydrogens is 256 g/mol. The average Bonchev–Trinajstić information content (AvgIpc) is 2.70. The van der Waals surface area contributed by atoms with Crippen LogP contribution in [0.5, 0.6) is 0 Å². The third-order valence-electron chi connectivity index (χ3n) is 2.47. The number of aliphatic carboxylic acids is 1. The zero-order chi connectivity index (χ0) is 13.5. The first-order valence-electron chi connectivity index (χ1n) is 5.56. The van der Waals surface area contributed by atoms with Gasteiger partial charge in [0, 0.05) is 31.8 Å². The Morgan fingerprint density at radius 2 is 2.28 bits per heavy atom. The molecule has 0 aromatic carbocycles. The summed E-state index contributed by atoms with van der Waals surface area (Å²) in [4.78, 5) is 36.5. The summed E-state index contributed by atoms with van der Waals surface area (Å²) < 4.78 is 0. The molecule has 0 radical (unpaired) electrons. The van der Waals surface area contributed by atoms with Crippen molar-refractivity contribution in [3.05, 3.63) is 12.7 Å². The summed E-state index contributed by atoms with van der Waals surface area (Å²) in [6.45, 7) is 4.34. The van der Waals surface area contributed by atoms with Crippen molar-refractivity contribution in [2.45, 2.75) is 6.42 Å². The molecule has 1 saturated heterocycles. The van der Waals surface area contributed by atoms with Crippen molar-refractivity contribution in [1.29, 1.82) is 0 Å². The Morgan fingerprint density at radius 3 is 2.78 bits per heavy atom. The maximum Gasteiger partial charge on any atom is 0.323 e. The first-order chi connectivity index (χ1) is 8.54. The summed E-state index contributed by atoms with van der Waals surface area (Å²) in [5, 5.41) is 8.67. The van der Waals surface area contributed by atoms with Crippen molar-refractivity contribution >= 4 is 28.9 Å². The first-order valence-corrected chi connectivity index (χ1v) is 6.55. The summed E-state index contributed by atoms with van der Waals surface area (Å²) in [7, 11) is 0. The molecule has 0 bridgehead atoms. The summed E-state index contributed by atoms with van der Waals surface area (Å²) in [6.07, 6.45) is 1.63. The lowest BCUT2D eigenvalue weighted by Crippen LogP contribution is -2.38. The molecule has 0 spiro atoms. The Kier molecular flexibility index (Phi) is 5.70. The van der Waals surface area contributed by atoms with Gasteiger partial charge >= 0.3 is 5.97 Å². The van der Waals surface area contributed by atoms with Crippen LogP contribution in [-0.4, -0.2) is 64.0 Å². The second-order valence-electron chi connectivity index (χ2n) is 3.81. The molecule has 1 rings (SSSR count). The Balaban J connectivity index is 2.42. The van der Waals surface area contributed by atoms with E-state index in [4.69, 9.17) is 5.11 Å². The minimum Gasteiger partial charge on any atom is -0.480 e. The maximum atomic E-state index is 11.8. The van der Waals surface area contributed by atoms with Crippen molar-refractivity contribution in [2.75, 3.05) is 31.9 Å². The molecule has 0 aromatic heterocycles. The molecule has 0 unspecified atom stereocenters. The molecule has 100 valence electrons. The summed E-state index contributed by atoms with van der Waals surface area (Å²) in [6, 6.07) is 0. The topological polar surface area (TPSA) is 77.9 Å². The number of hydrogen-bond acceptors (Lipinski definition) is 4. The zero-order valence-corrected chi connectivity index (χ0v) is 10.8. The molecular formula is C11H16N2O4S. The van der Waals surface area contributed by atoms with E-state index in [0.717, 1.165) is 5.75 Å². The van der Waals surface area contributed by atoms with Crippen LogP contribution in [0, 0.1) is 0 Å². The summed E-state index contributed by atoms with van der Waals surface area (Å²) >= 11 is 1.24. The summed E-state index contributed by atoms with van der Waals surface area (Å²) in [5.74, 6) is -0.585. The van der Waals surface area contributed by atoms with E-state index in [9.17, 15) is 14.4 Å². The minimum atomic E-state index is -1.06. The molecule has 2 amide bonds. The van der Waals surface area contributed by atoms with Crippen LogP contribution >= 0.6 is 11.8 Å². The molecule has 1 heterocycles. The number of carbonyl (C=O) groups is 3. The lowest BCUT2D eigenvalue weighted by atomic mass is 10.3. The Morgan fingerprint density at radius 1 is 1.56 bits per heavy atom. The van der Waals surface area contributed by atoms with E-state index in [0.29, 0.717) is 13.1 Å². The first kappa shape index (κ1) is 14.6. The molecule has 7 heteroatoms. The van der Waals surface area contributed by atoms with Crippen molar-refractivity contribution in [2.24, 2.45) is 0 Å². The van der Waals surface area contributed by atoms with Gasteiger partial charge in [0.25, 0.3) is 5.24 Å². The fourth-order valence-corrected chi connectivity index (χ4v) is 2.44. The minimum absolute atomic E-state index is 0.0173. The van der Waals surface area contributed by atoms with Gasteiger partial charge in [-0.3, -0.25) is 14.4 Å². The lowest BCUT2D eigenvalue weighted by Gasteiger charge is -2.20. The highest BCUT2D eigenvalue weighted by molar-refractivity contribution is 8.13. The van der Waals surface area contributed by atoms with Crippen LogP contribution in [0.4, 0.5) is 4.79 Å². The SMILES string of the molecule is C=CCN(CC(=O)O)C(=O)CCN1CCSC1=O. The standard InChI is InChI=1S/C11H16N2O4S/c1-2-4-13(8-10(15)16)9(14)3-5-12-6-7-18-11(12)17/h2H,1,3-8H2,(H,15,16). The Bertz CT molecular complexity index is 359. The predicted molar refractivity (Wildman–Crippen MR) is 68.5 cm³/mol. The molecule has 1 aliphatic rings. The van der Waals surface area contributed by atoms with Gasteiger partial charge in [-0.2, -0.15) is 0 Å². The third kappa shape index (κ3) is 4.40. The fraction of sp³-hybridized carbons (Fsp3) is 0.545. The number of carboxylic acid groups (broad SMARTS) is 1. The smallest absolute Gasteiger partial charge is 0.323 e. The quantitative estimate of drug-likeness (QED) is 0.688. The molecule has 1 fully saturated rings. The van der Waals surface area contributed by atoms with E-state index >= 15 is 0 Å². The van der Waals surface area contributed by atoms with Crippen molar-refractivity contribution in [3.8, 4) is 0 Å². The van der Waals surface area contributed by atoms with Gasteiger partial charge in [-0.05, 0) is 0 Å².